The third kappa shape index (κ3) is 6.51. The van der Waals surface area contributed by atoms with E-state index in [2.05, 4.69) is 20.8 Å². The number of amides is 2. The first-order valence-corrected chi connectivity index (χ1v) is 11.2. The standard InChI is InChI=1S/C19H15Cl4N5O2S/c1-28-16(8-24-18(30)14-3-2-10(20)7-15(14)23)26-27-19(28)31-9-17(29)25-13-5-11(21)4-12(22)6-13/h2-7H,8-9H2,1H3,(H,24,30)(H,25,29). The maximum atomic E-state index is 12.3. The van der Waals surface area contributed by atoms with E-state index in [-0.39, 0.29) is 29.1 Å². The molecule has 7 nitrogen and oxygen atoms in total. The summed E-state index contributed by atoms with van der Waals surface area (Å²) in [5, 5.41) is 15.7. The molecule has 0 fully saturated rings. The normalized spacial score (nSPS) is 10.7. The van der Waals surface area contributed by atoms with Crippen LogP contribution < -0.4 is 10.6 Å². The fraction of sp³-hybridized carbons (Fsp3) is 0.158. The molecule has 2 aromatic carbocycles. The zero-order valence-electron chi connectivity index (χ0n) is 16.0. The molecule has 1 heterocycles. The van der Waals surface area contributed by atoms with Crippen LogP contribution in [0.15, 0.2) is 41.6 Å². The summed E-state index contributed by atoms with van der Waals surface area (Å²) in [6.07, 6.45) is 0. The number of aromatic nitrogens is 3. The molecule has 0 aliphatic heterocycles. The largest absolute Gasteiger partial charge is 0.345 e. The Morgan fingerprint density at radius 3 is 2.39 bits per heavy atom. The van der Waals surface area contributed by atoms with Crippen molar-refractivity contribution in [2.75, 3.05) is 11.1 Å². The van der Waals surface area contributed by atoms with Gasteiger partial charge in [0.1, 0.15) is 0 Å². The van der Waals surface area contributed by atoms with Crippen molar-refractivity contribution in [3.63, 3.8) is 0 Å². The van der Waals surface area contributed by atoms with Gasteiger partial charge in [0, 0.05) is 27.8 Å². The molecule has 0 bridgehead atoms. The fourth-order valence-electron chi connectivity index (χ4n) is 2.51. The van der Waals surface area contributed by atoms with Gasteiger partial charge in [0.05, 0.1) is 22.9 Å². The molecule has 31 heavy (non-hydrogen) atoms. The van der Waals surface area contributed by atoms with E-state index in [4.69, 9.17) is 46.4 Å². The smallest absolute Gasteiger partial charge is 0.253 e. The van der Waals surface area contributed by atoms with Crippen molar-refractivity contribution < 1.29 is 9.59 Å². The minimum atomic E-state index is -0.363. The number of halogens is 4. The first-order chi connectivity index (χ1) is 14.7. The maximum absolute atomic E-state index is 12.3. The predicted octanol–water partition coefficient (Wildman–Crippen LogP) is 5.09. The van der Waals surface area contributed by atoms with E-state index in [1.54, 1.807) is 41.9 Å². The van der Waals surface area contributed by atoms with E-state index in [0.717, 1.165) is 0 Å². The van der Waals surface area contributed by atoms with Gasteiger partial charge in [-0.15, -0.1) is 10.2 Å². The number of carbonyl (C=O) groups excluding carboxylic acids is 2. The lowest BCUT2D eigenvalue weighted by molar-refractivity contribution is -0.113. The van der Waals surface area contributed by atoms with Gasteiger partial charge in [-0.25, -0.2) is 0 Å². The number of benzene rings is 2. The van der Waals surface area contributed by atoms with Crippen molar-refractivity contribution in [2.24, 2.45) is 7.05 Å². The van der Waals surface area contributed by atoms with Crippen molar-refractivity contribution >= 4 is 75.7 Å². The molecule has 0 saturated carbocycles. The highest BCUT2D eigenvalue weighted by Gasteiger charge is 2.15. The van der Waals surface area contributed by atoms with Crippen LogP contribution in [0.2, 0.25) is 20.1 Å². The Kier molecular flexibility index (Phi) is 8.07. The Hall–Kier alpha value is -1.97. The number of carbonyl (C=O) groups is 2. The van der Waals surface area contributed by atoms with Gasteiger partial charge in [0.2, 0.25) is 5.91 Å². The van der Waals surface area contributed by atoms with Crippen LogP contribution >= 0.6 is 58.2 Å². The van der Waals surface area contributed by atoms with Gasteiger partial charge in [-0.1, -0.05) is 58.2 Å². The summed E-state index contributed by atoms with van der Waals surface area (Å²) in [6.45, 7) is 0.134. The van der Waals surface area contributed by atoms with Crippen LogP contribution in [0.1, 0.15) is 16.2 Å². The minimum Gasteiger partial charge on any atom is -0.345 e. The van der Waals surface area contributed by atoms with Crippen molar-refractivity contribution in [3.05, 3.63) is 67.9 Å². The molecule has 0 aliphatic carbocycles. The van der Waals surface area contributed by atoms with E-state index in [0.29, 0.717) is 37.3 Å². The summed E-state index contributed by atoms with van der Waals surface area (Å²) in [5.41, 5.74) is 0.811. The summed E-state index contributed by atoms with van der Waals surface area (Å²) in [5.74, 6) is 0.00279. The Bertz CT molecular complexity index is 1120. The lowest BCUT2D eigenvalue weighted by atomic mass is 10.2. The van der Waals surface area contributed by atoms with Gasteiger partial charge in [0.25, 0.3) is 5.91 Å². The predicted molar refractivity (Wildman–Crippen MR) is 124 cm³/mol. The second-order valence-electron chi connectivity index (χ2n) is 6.26. The lowest BCUT2D eigenvalue weighted by Gasteiger charge is -2.08. The van der Waals surface area contributed by atoms with E-state index in [1.807, 2.05) is 0 Å². The number of nitrogens with one attached hydrogen (secondary N) is 2. The fourth-order valence-corrected chi connectivity index (χ4v) is 4.26. The number of thioether (sulfide) groups is 1. The van der Waals surface area contributed by atoms with Crippen molar-refractivity contribution in [2.45, 2.75) is 11.7 Å². The second kappa shape index (κ2) is 10.6. The van der Waals surface area contributed by atoms with Crippen molar-refractivity contribution in [1.29, 1.82) is 0 Å². The van der Waals surface area contributed by atoms with Crippen LogP contribution in [0.4, 0.5) is 5.69 Å². The first-order valence-electron chi connectivity index (χ1n) is 8.73. The maximum Gasteiger partial charge on any atom is 0.253 e. The number of nitrogens with zero attached hydrogens (tertiary/aromatic N) is 3. The summed E-state index contributed by atoms with van der Waals surface area (Å²) < 4.78 is 1.69. The highest BCUT2D eigenvalue weighted by Crippen LogP contribution is 2.23. The Morgan fingerprint density at radius 1 is 1.00 bits per heavy atom. The van der Waals surface area contributed by atoms with Crippen LogP contribution in [0, 0.1) is 0 Å². The van der Waals surface area contributed by atoms with Gasteiger partial charge in [-0.05, 0) is 36.4 Å². The van der Waals surface area contributed by atoms with Gasteiger partial charge in [-0.3, -0.25) is 9.59 Å². The highest BCUT2D eigenvalue weighted by molar-refractivity contribution is 7.99. The quantitative estimate of drug-likeness (QED) is 0.425. The van der Waals surface area contributed by atoms with E-state index < -0.39 is 0 Å². The lowest BCUT2D eigenvalue weighted by Crippen LogP contribution is -2.24. The highest BCUT2D eigenvalue weighted by atomic mass is 35.5. The van der Waals surface area contributed by atoms with Gasteiger partial charge < -0.3 is 15.2 Å². The monoisotopic (exact) mass is 517 g/mol. The summed E-state index contributed by atoms with van der Waals surface area (Å²) in [7, 11) is 1.74. The zero-order chi connectivity index (χ0) is 22.5. The molecular formula is C19H15Cl4N5O2S. The number of anilines is 1. The Morgan fingerprint density at radius 2 is 1.71 bits per heavy atom. The van der Waals surface area contributed by atoms with Gasteiger partial charge >= 0.3 is 0 Å². The molecule has 12 heteroatoms. The van der Waals surface area contributed by atoms with Crippen molar-refractivity contribution in [3.8, 4) is 0 Å². The minimum absolute atomic E-state index is 0.100. The van der Waals surface area contributed by atoms with Crippen LogP contribution in [-0.2, 0) is 18.4 Å². The van der Waals surface area contributed by atoms with E-state index in [9.17, 15) is 9.59 Å². The molecular weight excluding hydrogens is 504 g/mol. The van der Waals surface area contributed by atoms with Crippen LogP contribution in [0.3, 0.4) is 0 Å². The summed E-state index contributed by atoms with van der Waals surface area (Å²) in [4.78, 5) is 24.5. The zero-order valence-corrected chi connectivity index (χ0v) is 19.8. The van der Waals surface area contributed by atoms with Gasteiger partial charge in [-0.2, -0.15) is 0 Å². The van der Waals surface area contributed by atoms with E-state index >= 15 is 0 Å². The molecule has 0 saturated heterocycles. The summed E-state index contributed by atoms with van der Waals surface area (Å²) in [6, 6.07) is 9.41. The van der Waals surface area contributed by atoms with Crippen LogP contribution in [0.5, 0.6) is 0 Å². The molecule has 2 amide bonds. The molecule has 0 unspecified atom stereocenters. The molecule has 0 atom stereocenters. The number of hydrogen-bond donors (Lipinski definition) is 2. The van der Waals surface area contributed by atoms with Crippen LogP contribution in [-0.4, -0.2) is 32.3 Å². The average Bonchev–Trinajstić information content (AvgIpc) is 3.03. The molecule has 162 valence electrons. The second-order valence-corrected chi connectivity index (χ2v) is 8.92. The SMILES string of the molecule is Cn1c(CNC(=O)c2ccc(Cl)cc2Cl)nnc1SCC(=O)Nc1cc(Cl)cc(Cl)c1. The Labute approximate surface area is 202 Å². The number of hydrogen-bond acceptors (Lipinski definition) is 5. The molecule has 0 radical (unpaired) electrons. The molecule has 0 spiro atoms. The molecule has 1 aromatic heterocycles. The molecule has 0 aliphatic rings. The average molecular weight is 519 g/mol. The molecule has 3 rings (SSSR count). The Balaban J connectivity index is 1.54. The third-order valence-corrected chi connectivity index (χ3v) is 5.99. The topological polar surface area (TPSA) is 88.9 Å². The first kappa shape index (κ1) is 23.7. The summed E-state index contributed by atoms with van der Waals surface area (Å²) >= 11 is 25.0. The van der Waals surface area contributed by atoms with Gasteiger partial charge in [0.15, 0.2) is 11.0 Å². The van der Waals surface area contributed by atoms with E-state index in [1.165, 1.54) is 17.8 Å². The van der Waals surface area contributed by atoms with Crippen LogP contribution in [0.25, 0.3) is 0 Å². The van der Waals surface area contributed by atoms with Crippen molar-refractivity contribution in [1.82, 2.24) is 20.1 Å². The number of rotatable bonds is 7. The molecule has 2 N–H and O–H groups in total. The molecule has 3 aromatic rings. The third-order valence-electron chi connectivity index (χ3n) is 3.99.